The first-order valence-electron chi connectivity index (χ1n) is 3.44. The van der Waals surface area contributed by atoms with Crippen LogP contribution in [0.15, 0.2) is 34.7 Å². The van der Waals surface area contributed by atoms with Crippen molar-refractivity contribution >= 4 is 13.5 Å². The Kier molecular flexibility index (Phi) is 1.18. The molecule has 0 unspecified atom stereocenters. The molecule has 0 aromatic carbocycles. The predicted octanol–water partition coefficient (Wildman–Crippen LogP) is 2.91. The molecule has 50 valence electrons. The molecule has 0 saturated carbocycles. The van der Waals surface area contributed by atoms with E-state index in [9.17, 15) is 0 Å². The molecule has 2 aliphatic rings. The van der Waals surface area contributed by atoms with E-state index in [0.29, 0.717) is 0 Å². The third-order valence-corrected chi connectivity index (χ3v) is 2.95. The van der Waals surface area contributed by atoms with E-state index in [-0.39, 0.29) is 0 Å². The van der Waals surface area contributed by atoms with Gasteiger partial charge in [-0.1, -0.05) is 14.3 Å². The maximum absolute atomic E-state index is 2.28. The fraction of sp³-hybridized carbons (Fsp3) is 0.222. The van der Waals surface area contributed by atoms with Crippen LogP contribution in [0.1, 0.15) is 13.8 Å². The van der Waals surface area contributed by atoms with E-state index < -0.39 is 0 Å². The Morgan fingerprint density at radius 1 is 1.20 bits per heavy atom. The van der Waals surface area contributed by atoms with Gasteiger partial charge in [-0.25, -0.2) is 0 Å². The summed E-state index contributed by atoms with van der Waals surface area (Å²) in [5.41, 5.74) is 2.87. The summed E-state index contributed by atoms with van der Waals surface area (Å²) in [4.78, 5) is 0. The van der Waals surface area contributed by atoms with Gasteiger partial charge < -0.3 is 0 Å². The molecule has 0 atom stereocenters. The molecular formula is C9H9P. The van der Waals surface area contributed by atoms with Gasteiger partial charge in [0.1, 0.15) is 0 Å². The summed E-state index contributed by atoms with van der Waals surface area (Å²) in [6.45, 7) is 4.35. The summed E-state index contributed by atoms with van der Waals surface area (Å²) >= 11 is 0. The number of allylic oxidation sites excluding steroid dienone is 6. The van der Waals surface area contributed by atoms with Crippen LogP contribution in [0.5, 0.6) is 0 Å². The Hall–Kier alpha value is -0.610. The SMILES string of the molecule is CC1=CC2=C(C)C=CC2=P1. The fourth-order valence-electron chi connectivity index (χ4n) is 1.30. The molecule has 0 aromatic heterocycles. The Labute approximate surface area is 62.8 Å². The molecule has 1 aliphatic carbocycles. The zero-order chi connectivity index (χ0) is 7.14. The van der Waals surface area contributed by atoms with Crippen LogP contribution in [0.4, 0.5) is 0 Å². The van der Waals surface area contributed by atoms with Crippen LogP contribution >= 0.6 is 8.20 Å². The van der Waals surface area contributed by atoms with Gasteiger partial charge in [0.05, 0.1) is 0 Å². The van der Waals surface area contributed by atoms with Gasteiger partial charge >= 0.3 is 0 Å². The van der Waals surface area contributed by atoms with Crippen molar-refractivity contribution in [1.82, 2.24) is 0 Å². The highest BCUT2D eigenvalue weighted by molar-refractivity contribution is 7.47. The predicted molar refractivity (Wildman–Crippen MR) is 47.5 cm³/mol. The van der Waals surface area contributed by atoms with E-state index >= 15 is 0 Å². The van der Waals surface area contributed by atoms with Crippen LogP contribution in [-0.2, 0) is 0 Å². The maximum Gasteiger partial charge on any atom is 0.00957 e. The van der Waals surface area contributed by atoms with Crippen molar-refractivity contribution in [2.45, 2.75) is 13.8 Å². The highest BCUT2D eigenvalue weighted by Gasteiger charge is 2.13. The Bertz CT molecular complexity index is 301. The number of hydrogen-bond acceptors (Lipinski definition) is 0. The lowest BCUT2D eigenvalue weighted by Gasteiger charge is -1.90. The minimum absolute atomic E-state index is 1.40. The summed E-state index contributed by atoms with van der Waals surface area (Å²) < 4.78 is 0. The van der Waals surface area contributed by atoms with Crippen molar-refractivity contribution in [2.24, 2.45) is 0 Å². The minimum atomic E-state index is 1.40. The molecule has 1 heteroatoms. The van der Waals surface area contributed by atoms with E-state index in [0.717, 1.165) is 0 Å². The van der Waals surface area contributed by atoms with E-state index in [1.165, 1.54) is 30.0 Å². The summed E-state index contributed by atoms with van der Waals surface area (Å²) in [5.74, 6) is 0. The van der Waals surface area contributed by atoms with Crippen molar-refractivity contribution in [1.29, 1.82) is 0 Å². The highest BCUT2D eigenvalue weighted by Crippen LogP contribution is 2.33. The molecule has 0 fully saturated rings. The van der Waals surface area contributed by atoms with E-state index in [1.807, 2.05) is 0 Å². The van der Waals surface area contributed by atoms with E-state index in [4.69, 9.17) is 0 Å². The molecule has 0 spiro atoms. The van der Waals surface area contributed by atoms with Crippen molar-refractivity contribution in [3.8, 4) is 0 Å². The second kappa shape index (κ2) is 1.93. The molecule has 0 aromatic rings. The van der Waals surface area contributed by atoms with Gasteiger partial charge in [-0.2, -0.15) is 0 Å². The Morgan fingerprint density at radius 2 is 2.00 bits per heavy atom. The van der Waals surface area contributed by atoms with Gasteiger partial charge in [0.15, 0.2) is 0 Å². The first kappa shape index (κ1) is 6.12. The largest absolute Gasteiger partial charge is 0.0645 e. The van der Waals surface area contributed by atoms with Gasteiger partial charge in [-0.3, -0.25) is 0 Å². The number of hydrogen-bond donors (Lipinski definition) is 0. The van der Waals surface area contributed by atoms with Crippen LogP contribution < -0.4 is 0 Å². The summed E-state index contributed by atoms with van der Waals surface area (Å²) in [5, 5.41) is 2.95. The van der Waals surface area contributed by atoms with Crippen LogP contribution in [0.2, 0.25) is 0 Å². The molecule has 1 heterocycles. The smallest absolute Gasteiger partial charge is 0.00957 e. The van der Waals surface area contributed by atoms with Crippen molar-refractivity contribution in [2.75, 3.05) is 0 Å². The van der Waals surface area contributed by atoms with E-state index in [1.54, 1.807) is 0 Å². The molecular weight excluding hydrogens is 139 g/mol. The standard InChI is InChI=1S/C9H9P/c1-6-3-4-9-8(6)5-7(2)10-9/h3-5H,1-2H3. The van der Waals surface area contributed by atoms with Crippen molar-refractivity contribution < 1.29 is 0 Å². The van der Waals surface area contributed by atoms with Gasteiger partial charge in [0.25, 0.3) is 0 Å². The average Bonchev–Trinajstić information content (AvgIpc) is 2.35. The van der Waals surface area contributed by atoms with Crippen LogP contribution in [-0.4, -0.2) is 5.29 Å². The second-order valence-electron chi connectivity index (χ2n) is 2.71. The first-order valence-corrected chi connectivity index (χ1v) is 4.33. The normalized spacial score (nSPS) is 23.0. The Balaban J connectivity index is 2.58. The Morgan fingerprint density at radius 3 is 2.70 bits per heavy atom. The lowest BCUT2D eigenvalue weighted by molar-refractivity contribution is 1.51. The van der Waals surface area contributed by atoms with Gasteiger partial charge in [0.2, 0.25) is 0 Å². The first-order chi connectivity index (χ1) is 4.77. The molecule has 0 saturated heterocycles. The number of rotatable bonds is 0. The van der Waals surface area contributed by atoms with E-state index in [2.05, 4.69) is 32.1 Å². The van der Waals surface area contributed by atoms with Gasteiger partial charge in [-0.15, -0.1) is 0 Å². The van der Waals surface area contributed by atoms with Crippen LogP contribution in [0.25, 0.3) is 0 Å². The van der Waals surface area contributed by atoms with Crippen LogP contribution in [0.3, 0.4) is 0 Å². The topological polar surface area (TPSA) is 0 Å². The average molecular weight is 148 g/mol. The van der Waals surface area contributed by atoms with Crippen molar-refractivity contribution in [3.63, 3.8) is 0 Å². The zero-order valence-corrected chi connectivity index (χ0v) is 7.07. The summed E-state index contributed by atoms with van der Waals surface area (Å²) in [7, 11) is 1.40. The van der Waals surface area contributed by atoms with Gasteiger partial charge in [-0.05, 0) is 42.5 Å². The van der Waals surface area contributed by atoms with Crippen molar-refractivity contribution in [3.05, 3.63) is 34.7 Å². The zero-order valence-electron chi connectivity index (χ0n) is 6.18. The molecule has 0 nitrogen and oxygen atoms in total. The van der Waals surface area contributed by atoms with Crippen LogP contribution in [0, 0.1) is 0 Å². The molecule has 0 radical (unpaired) electrons. The lowest BCUT2D eigenvalue weighted by atomic mass is 10.1. The fourth-order valence-corrected chi connectivity index (χ4v) is 2.39. The third-order valence-electron chi connectivity index (χ3n) is 1.84. The number of fused-ring (bicyclic) bond motifs is 1. The highest BCUT2D eigenvalue weighted by atomic mass is 31.1. The summed E-state index contributed by atoms with van der Waals surface area (Å²) in [6, 6.07) is 0. The monoisotopic (exact) mass is 148 g/mol. The second-order valence-corrected chi connectivity index (χ2v) is 4.12. The molecule has 0 N–H and O–H groups in total. The van der Waals surface area contributed by atoms with Gasteiger partial charge in [0, 0.05) is 5.29 Å². The lowest BCUT2D eigenvalue weighted by Crippen LogP contribution is -1.84. The molecule has 10 heavy (non-hydrogen) atoms. The molecule has 0 amide bonds. The quantitative estimate of drug-likeness (QED) is 0.463. The molecule has 1 aliphatic heterocycles. The minimum Gasteiger partial charge on any atom is -0.0645 e. The maximum atomic E-state index is 2.28. The molecule has 2 rings (SSSR count). The molecule has 0 bridgehead atoms. The third kappa shape index (κ3) is 0.726. The summed E-state index contributed by atoms with van der Waals surface area (Å²) in [6.07, 6.45) is 6.70.